The average Bonchev–Trinajstić information content (AvgIpc) is 2.78. The van der Waals surface area contributed by atoms with Crippen LogP contribution < -0.4 is 20.5 Å². The number of carbonyl (C=O) groups is 2. The number of benzene rings is 2. The third-order valence-corrected chi connectivity index (χ3v) is 5.34. The summed E-state index contributed by atoms with van der Waals surface area (Å²) in [5, 5.41) is 0. The summed E-state index contributed by atoms with van der Waals surface area (Å²) in [6, 6.07) is 16.0. The molecular formula is C23H30N4O3. The van der Waals surface area contributed by atoms with Crippen LogP contribution in [-0.4, -0.2) is 56.0 Å². The zero-order chi connectivity index (χ0) is 21.3. The van der Waals surface area contributed by atoms with Gasteiger partial charge in [-0.25, -0.2) is 0 Å². The summed E-state index contributed by atoms with van der Waals surface area (Å²) in [7, 11) is 0. The van der Waals surface area contributed by atoms with Crippen molar-refractivity contribution < 1.29 is 14.3 Å². The van der Waals surface area contributed by atoms with Crippen LogP contribution in [0, 0.1) is 13.8 Å². The molecule has 0 bridgehead atoms. The molecule has 0 spiro atoms. The summed E-state index contributed by atoms with van der Waals surface area (Å²) >= 11 is 0. The third kappa shape index (κ3) is 6.49. The van der Waals surface area contributed by atoms with Gasteiger partial charge in [-0.3, -0.25) is 25.3 Å². The molecule has 1 aliphatic heterocycles. The number of nitrogens with one attached hydrogen (secondary N) is 2. The molecule has 0 radical (unpaired) electrons. The van der Waals surface area contributed by atoms with Gasteiger partial charge in [0.2, 0.25) is 5.91 Å². The Morgan fingerprint density at radius 2 is 1.60 bits per heavy atom. The minimum Gasteiger partial charge on any atom is -0.484 e. The van der Waals surface area contributed by atoms with Crippen molar-refractivity contribution in [3.8, 4) is 5.75 Å². The minimum atomic E-state index is -0.391. The van der Waals surface area contributed by atoms with Gasteiger partial charge in [0.05, 0.1) is 0 Å². The highest BCUT2D eigenvalue weighted by Crippen LogP contribution is 2.16. The van der Waals surface area contributed by atoms with Crippen LogP contribution in [0.1, 0.15) is 17.5 Å². The average molecular weight is 411 g/mol. The molecule has 1 heterocycles. The van der Waals surface area contributed by atoms with E-state index in [9.17, 15) is 9.59 Å². The molecule has 2 aromatic rings. The number of hydrogen-bond donors (Lipinski definition) is 2. The molecule has 2 amide bonds. The van der Waals surface area contributed by atoms with Gasteiger partial charge >= 0.3 is 0 Å². The number of carbonyl (C=O) groups excluding carboxylic acids is 2. The smallest absolute Gasteiger partial charge is 0.276 e. The van der Waals surface area contributed by atoms with Crippen LogP contribution in [0.2, 0.25) is 0 Å². The van der Waals surface area contributed by atoms with Crippen LogP contribution >= 0.6 is 0 Å². The Morgan fingerprint density at radius 1 is 0.900 bits per heavy atom. The zero-order valence-corrected chi connectivity index (χ0v) is 17.7. The molecular weight excluding hydrogens is 380 g/mol. The second kappa shape index (κ2) is 10.6. The maximum Gasteiger partial charge on any atom is 0.276 e. The van der Waals surface area contributed by atoms with Gasteiger partial charge < -0.3 is 9.64 Å². The van der Waals surface area contributed by atoms with Gasteiger partial charge in [-0.05, 0) is 49.2 Å². The van der Waals surface area contributed by atoms with E-state index in [0.717, 1.165) is 31.7 Å². The van der Waals surface area contributed by atoms with Crippen molar-refractivity contribution in [3.05, 3.63) is 59.7 Å². The molecule has 3 rings (SSSR count). The number of rotatable bonds is 7. The number of para-hydroxylation sites is 1. The molecule has 0 aliphatic carbocycles. The van der Waals surface area contributed by atoms with Crippen LogP contribution in [0.3, 0.4) is 0 Å². The fraction of sp³-hybridized carbons (Fsp3) is 0.391. The van der Waals surface area contributed by atoms with E-state index < -0.39 is 5.91 Å². The fourth-order valence-electron chi connectivity index (χ4n) is 3.32. The lowest BCUT2D eigenvalue weighted by molar-refractivity contribution is -0.130. The highest BCUT2D eigenvalue weighted by molar-refractivity contribution is 5.82. The van der Waals surface area contributed by atoms with Gasteiger partial charge in [0, 0.05) is 44.8 Å². The quantitative estimate of drug-likeness (QED) is 0.684. The van der Waals surface area contributed by atoms with E-state index >= 15 is 0 Å². The Labute approximate surface area is 178 Å². The van der Waals surface area contributed by atoms with Crippen molar-refractivity contribution in [2.24, 2.45) is 0 Å². The summed E-state index contributed by atoms with van der Waals surface area (Å²) in [6.45, 7) is 8.25. The van der Waals surface area contributed by atoms with Gasteiger partial charge in [0.25, 0.3) is 5.91 Å². The molecule has 2 N–H and O–H groups in total. The lowest BCUT2D eigenvalue weighted by Crippen LogP contribution is -2.48. The summed E-state index contributed by atoms with van der Waals surface area (Å²) < 4.78 is 5.46. The molecule has 1 saturated heterocycles. The van der Waals surface area contributed by atoms with Crippen molar-refractivity contribution >= 4 is 17.5 Å². The van der Waals surface area contributed by atoms with Crippen LogP contribution in [0.25, 0.3) is 0 Å². The Kier molecular flexibility index (Phi) is 7.68. The monoisotopic (exact) mass is 410 g/mol. The van der Waals surface area contributed by atoms with E-state index in [1.807, 2.05) is 50.2 Å². The first-order valence-corrected chi connectivity index (χ1v) is 10.3. The third-order valence-electron chi connectivity index (χ3n) is 5.34. The van der Waals surface area contributed by atoms with Crippen LogP contribution in [0.5, 0.6) is 5.75 Å². The first-order valence-electron chi connectivity index (χ1n) is 10.3. The summed E-state index contributed by atoms with van der Waals surface area (Å²) in [4.78, 5) is 28.5. The SMILES string of the molecule is Cc1ccc(OCC(=O)NNC(=O)CCN2CCN(c3ccccc3)CC2)cc1C. The van der Waals surface area contributed by atoms with Gasteiger partial charge in [-0.1, -0.05) is 24.3 Å². The number of anilines is 1. The van der Waals surface area contributed by atoms with E-state index in [-0.39, 0.29) is 12.5 Å². The van der Waals surface area contributed by atoms with E-state index in [1.165, 1.54) is 11.3 Å². The van der Waals surface area contributed by atoms with E-state index in [0.29, 0.717) is 18.7 Å². The molecule has 0 saturated carbocycles. The largest absolute Gasteiger partial charge is 0.484 e. The Hall–Kier alpha value is -3.06. The Bertz CT molecular complexity index is 849. The van der Waals surface area contributed by atoms with Gasteiger partial charge in [-0.2, -0.15) is 0 Å². The number of piperazine rings is 1. The van der Waals surface area contributed by atoms with Crippen molar-refractivity contribution in [1.82, 2.24) is 15.8 Å². The number of nitrogens with zero attached hydrogens (tertiary/aromatic N) is 2. The number of amides is 2. The predicted molar refractivity (Wildman–Crippen MR) is 117 cm³/mol. The Balaban J connectivity index is 1.29. The standard InChI is InChI=1S/C23H30N4O3/c1-18-8-9-21(16-19(18)2)30-17-23(29)25-24-22(28)10-11-26-12-14-27(15-13-26)20-6-4-3-5-7-20/h3-9,16H,10-15,17H2,1-2H3,(H,24,28)(H,25,29). The van der Waals surface area contributed by atoms with Gasteiger partial charge in [-0.15, -0.1) is 0 Å². The minimum absolute atomic E-state index is 0.149. The molecule has 0 aromatic heterocycles. The molecule has 7 nitrogen and oxygen atoms in total. The molecule has 0 unspecified atom stereocenters. The predicted octanol–water partition coefficient (Wildman–Crippen LogP) is 2.04. The molecule has 30 heavy (non-hydrogen) atoms. The van der Waals surface area contributed by atoms with Crippen LogP contribution in [0.4, 0.5) is 5.69 Å². The lowest BCUT2D eigenvalue weighted by Gasteiger charge is -2.36. The Morgan fingerprint density at radius 3 is 2.30 bits per heavy atom. The van der Waals surface area contributed by atoms with Crippen LogP contribution in [0.15, 0.2) is 48.5 Å². The molecule has 1 fully saturated rings. The second-order valence-electron chi connectivity index (χ2n) is 7.55. The van der Waals surface area contributed by atoms with E-state index in [1.54, 1.807) is 0 Å². The maximum absolute atomic E-state index is 12.0. The first-order chi connectivity index (χ1) is 14.5. The van der Waals surface area contributed by atoms with E-state index in [4.69, 9.17) is 4.74 Å². The fourth-order valence-corrected chi connectivity index (χ4v) is 3.32. The first kappa shape index (κ1) is 21.6. The number of hydrogen-bond acceptors (Lipinski definition) is 5. The molecule has 0 atom stereocenters. The van der Waals surface area contributed by atoms with Gasteiger partial charge in [0.1, 0.15) is 5.75 Å². The number of aryl methyl sites for hydroxylation is 2. The summed E-state index contributed by atoms with van der Waals surface area (Å²) in [6.07, 6.45) is 0.337. The van der Waals surface area contributed by atoms with Crippen LogP contribution in [-0.2, 0) is 9.59 Å². The normalized spacial score (nSPS) is 14.3. The molecule has 7 heteroatoms. The highest BCUT2D eigenvalue weighted by atomic mass is 16.5. The number of hydrazine groups is 1. The number of ether oxygens (including phenoxy) is 1. The van der Waals surface area contributed by atoms with Gasteiger partial charge in [0.15, 0.2) is 6.61 Å². The summed E-state index contributed by atoms with van der Waals surface area (Å²) in [5.41, 5.74) is 8.37. The van der Waals surface area contributed by atoms with Crippen molar-refractivity contribution in [2.75, 3.05) is 44.2 Å². The highest BCUT2D eigenvalue weighted by Gasteiger charge is 2.17. The van der Waals surface area contributed by atoms with E-state index in [2.05, 4.69) is 32.8 Å². The molecule has 160 valence electrons. The topological polar surface area (TPSA) is 73.9 Å². The van der Waals surface area contributed by atoms with Crippen molar-refractivity contribution in [1.29, 1.82) is 0 Å². The zero-order valence-electron chi connectivity index (χ0n) is 17.7. The molecule has 1 aliphatic rings. The summed E-state index contributed by atoms with van der Waals surface area (Å²) in [5.74, 6) is 0.0345. The van der Waals surface area contributed by atoms with Crippen molar-refractivity contribution in [3.63, 3.8) is 0 Å². The van der Waals surface area contributed by atoms with Crippen molar-refractivity contribution in [2.45, 2.75) is 20.3 Å². The lowest BCUT2D eigenvalue weighted by atomic mass is 10.1. The second-order valence-corrected chi connectivity index (χ2v) is 7.55. The molecule has 2 aromatic carbocycles. The maximum atomic E-state index is 12.0.